The summed E-state index contributed by atoms with van der Waals surface area (Å²) < 4.78 is 57.8. The highest BCUT2D eigenvalue weighted by molar-refractivity contribution is 5.68. The second-order valence-corrected chi connectivity index (χ2v) is 7.57. The number of nitrogens with zero attached hydrogens (tertiary/aromatic N) is 1. The number of hydrogen-bond acceptors (Lipinski definition) is 3. The normalized spacial score (nSPS) is 19.6. The third kappa shape index (κ3) is 5.33. The molecule has 0 radical (unpaired) electrons. The molecule has 1 aromatic carbocycles. The first-order valence-electron chi connectivity index (χ1n) is 8.47. The topological polar surface area (TPSA) is 41.6 Å². The van der Waals surface area contributed by atoms with Gasteiger partial charge in [-0.05, 0) is 58.4 Å². The molecule has 146 valence electrons. The van der Waals surface area contributed by atoms with E-state index in [1.54, 1.807) is 20.8 Å². The van der Waals surface area contributed by atoms with E-state index in [1.807, 2.05) is 11.8 Å². The number of likely N-dealkylation sites (tertiary alicyclic amines) is 1. The van der Waals surface area contributed by atoms with Crippen LogP contribution in [0.15, 0.2) is 18.2 Å². The summed E-state index contributed by atoms with van der Waals surface area (Å²) in [5.74, 6) is -1.34. The Hall–Kier alpha value is -1.83. The highest BCUT2D eigenvalue weighted by Gasteiger charge is 2.36. The molecule has 1 amide bonds. The molecule has 0 bridgehead atoms. The quantitative estimate of drug-likeness (QED) is 0.787. The maximum Gasteiger partial charge on any atom is 0.419 e. The van der Waals surface area contributed by atoms with Crippen molar-refractivity contribution in [3.63, 3.8) is 0 Å². The van der Waals surface area contributed by atoms with Crippen molar-refractivity contribution < 1.29 is 27.1 Å². The average molecular weight is 376 g/mol. The molecule has 0 spiro atoms. The van der Waals surface area contributed by atoms with Gasteiger partial charge in [-0.3, -0.25) is 4.90 Å². The van der Waals surface area contributed by atoms with E-state index >= 15 is 0 Å². The predicted molar refractivity (Wildman–Crippen MR) is 89.2 cm³/mol. The van der Waals surface area contributed by atoms with E-state index in [9.17, 15) is 22.4 Å². The van der Waals surface area contributed by atoms with Gasteiger partial charge in [-0.15, -0.1) is 0 Å². The van der Waals surface area contributed by atoms with Crippen molar-refractivity contribution in [3.8, 4) is 0 Å². The van der Waals surface area contributed by atoms with Crippen LogP contribution in [-0.4, -0.2) is 35.7 Å². The molecule has 26 heavy (non-hydrogen) atoms. The predicted octanol–water partition coefficient (Wildman–Crippen LogP) is 4.50. The number of halogens is 4. The van der Waals surface area contributed by atoms with Crippen molar-refractivity contribution >= 4 is 6.09 Å². The Kier molecular flexibility index (Phi) is 5.85. The van der Waals surface area contributed by atoms with Gasteiger partial charge in [-0.2, -0.15) is 13.2 Å². The van der Waals surface area contributed by atoms with Crippen LogP contribution in [0, 0.1) is 5.82 Å². The third-order valence-corrected chi connectivity index (χ3v) is 4.26. The molecule has 1 aliphatic heterocycles. The lowest BCUT2D eigenvalue weighted by Crippen LogP contribution is -2.50. The Labute approximate surface area is 150 Å². The second kappa shape index (κ2) is 7.42. The van der Waals surface area contributed by atoms with E-state index in [-0.39, 0.29) is 11.6 Å². The van der Waals surface area contributed by atoms with Gasteiger partial charge in [0.05, 0.1) is 11.6 Å². The molecule has 2 atom stereocenters. The van der Waals surface area contributed by atoms with E-state index in [4.69, 9.17) is 4.74 Å². The minimum absolute atomic E-state index is 0.184. The summed E-state index contributed by atoms with van der Waals surface area (Å²) in [6.45, 7) is 8.19. The number of alkyl carbamates (subject to hydrolysis) is 1. The van der Waals surface area contributed by atoms with Gasteiger partial charge in [0.25, 0.3) is 0 Å². The van der Waals surface area contributed by atoms with Gasteiger partial charge >= 0.3 is 12.3 Å². The minimum atomic E-state index is -4.80. The molecular weight excluding hydrogens is 352 g/mol. The van der Waals surface area contributed by atoms with E-state index in [0.717, 1.165) is 25.1 Å². The molecular formula is C18H24F4N2O2. The summed E-state index contributed by atoms with van der Waals surface area (Å²) >= 11 is 0. The van der Waals surface area contributed by atoms with E-state index in [0.29, 0.717) is 6.54 Å². The van der Waals surface area contributed by atoms with Crippen LogP contribution in [0.3, 0.4) is 0 Å². The summed E-state index contributed by atoms with van der Waals surface area (Å²) in [5, 5.41) is 2.62. The van der Waals surface area contributed by atoms with Gasteiger partial charge in [-0.25, -0.2) is 9.18 Å². The van der Waals surface area contributed by atoms with Gasteiger partial charge in [0.2, 0.25) is 0 Å². The van der Waals surface area contributed by atoms with Gasteiger partial charge < -0.3 is 10.1 Å². The largest absolute Gasteiger partial charge is 0.444 e. The number of amides is 1. The zero-order chi connectivity index (χ0) is 19.7. The fourth-order valence-electron chi connectivity index (χ4n) is 2.74. The Morgan fingerprint density at radius 1 is 1.35 bits per heavy atom. The Balaban J connectivity index is 2.26. The molecule has 8 heteroatoms. The van der Waals surface area contributed by atoms with Crippen molar-refractivity contribution in [3.05, 3.63) is 35.1 Å². The monoisotopic (exact) mass is 376 g/mol. The highest BCUT2D eigenvalue weighted by atomic mass is 19.4. The minimum Gasteiger partial charge on any atom is -0.444 e. The smallest absolute Gasteiger partial charge is 0.419 e. The van der Waals surface area contributed by atoms with Crippen LogP contribution in [0.5, 0.6) is 0 Å². The maximum atomic E-state index is 13.6. The first-order valence-corrected chi connectivity index (χ1v) is 8.47. The van der Waals surface area contributed by atoms with Crippen molar-refractivity contribution in [2.75, 3.05) is 13.1 Å². The zero-order valence-electron chi connectivity index (χ0n) is 15.3. The van der Waals surface area contributed by atoms with Crippen LogP contribution in [-0.2, 0) is 10.9 Å². The molecule has 0 unspecified atom stereocenters. The molecule has 0 aromatic heterocycles. The molecule has 4 nitrogen and oxygen atoms in total. The van der Waals surface area contributed by atoms with Crippen LogP contribution in [0.4, 0.5) is 22.4 Å². The molecule has 1 aromatic rings. The fraction of sp³-hybridized carbons (Fsp3) is 0.611. The van der Waals surface area contributed by atoms with Crippen LogP contribution in [0.25, 0.3) is 0 Å². The highest BCUT2D eigenvalue weighted by Crippen LogP contribution is 2.33. The Bertz CT molecular complexity index is 656. The molecule has 2 rings (SSSR count). The number of benzene rings is 1. The van der Waals surface area contributed by atoms with Crippen LogP contribution >= 0.6 is 0 Å². The lowest BCUT2D eigenvalue weighted by atomic mass is 9.99. The summed E-state index contributed by atoms with van der Waals surface area (Å²) in [7, 11) is 0. The zero-order valence-corrected chi connectivity index (χ0v) is 15.3. The average Bonchev–Trinajstić information content (AvgIpc) is 2.47. The number of hydrogen-bond donors (Lipinski definition) is 1. The number of nitrogens with one attached hydrogen (secondary N) is 1. The van der Waals surface area contributed by atoms with E-state index in [1.165, 1.54) is 6.07 Å². The van der Waals surface area contributed by atoms with E-state index in [2.05, 4.69) is 5.32 Å². The summed E-state index contributed by atoms with van der Waals surface area (Å²) in [6.07, 6.45) is -4.55. The SMILES string of the molecule is C[C@H]1CCN1C[C@@H](NC(=O)OC(C)(C)C)c1ccc(F)c(C(F)(F)F)c1. The molecule has 1 aliphatic rings. The van der Waals surface area contributed by atoms with Crippen molar-refractivity contribution in [2.24, 2.45) is 0 Å². The molecule has 1 heterocycles. The van der Waals surface area contributed by atoms with Crippen LogP contribution in [0.1, 0.15) is 51.3 Å². The second-order valence-electron chi connectivity index (χ2n) is 7.57. The lowest BCUT2D eigenvalue weighted by molar-refractivity contribution is -0.140. The molecule has 0 aliphatic carbocycles. The Morgan fingerprint density at radius 3 is 2.46 bits per heavy atom. The van der Waals surface area contributed by atoms with Crippen LogP contribution < -0.4 is 5.32 Å². The maximum absolute atomic E-state index is 13.6. The Morgan fingerprint density at radius 2 is 2.00 bits per heavy atom. The van der Waals surface area contributed by atoms with Gasteiger partial charge in [0.15, 0.2) is 0 Å². The molecule has 1 fully saturated rings. The standard InChI is InChI=1S/C18H24F4N2O2/c1-11-7-8-24(11)10-15(23-16(25)26-17(2,3)4)12-5-6-14(19)13(9-12)18(20,21)22/h5-6,9,11,15H,7-8,10H2,1-4H3,(H,23,25)/t11-,15+/m0/s1. The molecule has 1 N–H and O–H groups in total. The van der Waals surface area contributed by atoms with Crippen molar-refractivity contribution in [1.29, 1.82) is 0 Å². The number of alkyl halides is 3. The van der Waals surface area contributed by atoms with Crippen molar-refractivity contribution in [1.82, 2.24) is 10.2 Å². The number of rotatable bonds is 4. The third-order valence-electron chi connectivity index (χ3n) is 4.26. The molecule has 1 saturated heterocycles. The van der Waals surface area contributed by atoms with Crippen molar-refractivity contribution in [2.45, 2.75) is 58.0 Å². The van der Waals surface area contributed by atoms with Gasteiger partial charge in [-0.1, -0.05) is 6.07 Å². The van der Waals surface area contributed by atoms with Gasteiger partial charge in [0, 0.05) is 12.6 Å². The van der Waals surface area contributed by atoms with E-state index < -0.39 is 35.3 Å². The van der Waals surface area contributed by atoms with Gasteiger partial charge in [0.1, 0.15) is 11.4 Å². The number of carbonyl (C=O) groups is 1. The van der Waals surface area contributed by atoms with Crippen LogP contribution in [0.2, 0.25) is 0 Å². The summed E-state index contributed by atoms with van der Waals surface area (Å²) in [6, 6.07) is 2.33. The number of carbonyl (C=O) groups excluding carboxylic acids is 1. The lowest BCUT2D eigenvalue weighted by Gasteiger charge is -2.41. The summed E-state index contributed by atoms with van der Waals surface area (Å²) in [4.78, 5) is 14.2. The summed E-state index contributed by atoms with van der Waals surface area (Å²) in [5.41, 5.74) is -1.90. The number of ether oxygens (including phenoxy) is 1. The first kappa shape index (κ1) is 20.5. The first-order chi connectivity index (χ1) is 11.9. The molecule has 0 saturated carbocycles. The fourth-order valence-corrected chi connectivity index (χ4v) is 2.74.